The summed E-state index contributed by atoms with van der Waals surface area (Å²) in [5, 5.41) is 6.04. The summed E-state index contributed by atoms with van der Waals surface area (Å²) in [7, 11) is 0. The summed E-state index contributed by atoms with van der Waals surface area (Å²) in [6.07, 6.45) is 2.10. The Kier molecular flexibility index (Phi) is 3.91. The summed E-state index contributed by atoms with van der Waals surface area (Å²) in [6.45, 7) is 1.51. The average molecular weight is 379 g/mol. The Bertz CT molecular complexity index is 1110. The number of hydrogen-bond donors (Lipinski definition) is 0. The van der Waals surface area contributed by atoms with E-state index in [1.165, 1.54) is 10.8 Å². The third-order valence-corrected chi connectivity index (χ3v) is 4.55. The van der Waals surface area contributed by atoms with Crippen LogP contribution in [-0.4, -0.2) is 25.5 Å². The van der Waals surface area contributed by atoms with E-state index in [0.29, 0.717) is 38.9 Å². The molecule has 26 heavy (non-hydrogen) atoms. The Morgan fingerprint density at radius 2 is 1.96 bits per heavy atom. The number of alkyl halides is 3. The van der Waals surface area contributed by atoms with Crippen molar-refractivity contribution in [2.24, 2.45) is 0 Å². The van der Waals surface area contributed by atoms with Gasteiger partial charge in [0.25, 0.3) is 0 Å². The molecule has 0 fully saturated rings. The highest BCUT2D eigenvalue weighted by Gasteiger charge is 2.30. The van der Waals surface area contributed by atoms with E-state index in [-0.39, 0.29) is 0 Å². The molecule has 1 aromatic carbocycles. The van der Waals surface area contributed by atoms with E-state index in [1.54, 1.807) is 41.5 Å². The molecule has 4 nitrogen and oxygen atoms in total. The van der Waals surface area contributed by atoms with Crippen molar-refractivity contribution in [1.82, 2.24) is 19.3 Å². The molecule has 3 heterocycles. The monoisotopic (exact) mass is 378 g/mol. The first-order valence-corrected chi connectivity index (χ1v) is 8.40. The number of aryl methyl sites for hydroxylation is 1. The van der Waals surface area contributed by atoms with Gasteiger partial charge in [-0.25, -0.2) is 0 Å². The van der Waals surface area contributed by atoms with Gasteiger partial charge in [-0.2, -0.15) is 18.3 Å². The number of halogens is 4. The maximum Gasteiger partial charge on any atom is 0.406 e. The molecule has 0 aliphatic heterocycles. The van der Waals surface area contributed by atoms with E-state index in [0.717, 1.165) is 5.56 Å². The number of pyridine rings is 1. The van der Waals surface area contributed by atoms with Gasteiger partial charge in [0.05, 0.1) is 23.4 Å². The van der Waals surface area contributed by atoms with Gasteiger partial charge in [-0.1, -0.05) is 11.6 Å². The van der Waals surface area contributed by atoms with Crippen LogP contribution in [0.25, 0.3) is 32.9 Å². The van der Waals surface area contributed by atoms with Crippen molar-refractivity contribution in [2.75, 3.05) is 0 Å². The number of hydrogen-bond acceptors (Lipinski definition) is 2. The van der Waals surface area contributed by atoms with Gasteiger partial charge in [0.2, 0.25) is 0 Å². The molecule has 0 saturated heterocycles. The van der Waals surface area contributed by atoms with Crippen LogP contribution in [0.2, 0.25) is 5.02 Å². The third kappa shape index (κ3) is 2.82. The lowest BCUT2D eigenvalue weighted by atomic mass is 10.0. The Morgan fingerprint density at radius 3 is 2.65 bits per heavy atom. The average Bonchev–Trinajstić information content (AvgIpc) is 3.17. The molecule has 0 saturated carbocycles. The molecule has 3 aromatic heterocycles. The molecule has 0 N–H and O–H groups in total. The van der Waals surface area contributed by atoms with Gasteiger partial charge >= 0.3 is 6.18 Å². The second-order valence-electron chi connectivity index (χ2n) is 6.03. The third-order valence-electron chi connectivity index (χ3n) is 4.33. The van der Waals surface area contributed by atoms with Gasteiger partial charge in [-0.15, -0.1) is 0 Å². The van der Waals surface area contributed by atoms with Crippen molar-refractivity contribution in [3.63, 3.8) is 0 Å². The number of benzene rings is 1. The molecule has 0 atom stereocenters. The molecule has 0 bridgehead atoms. The van der Waals surface area contributed by atoms with Crippen molar-refractivity contribution in [2.45, 2.75) is 26.2 Å². The topological polar surface area (TPSA) is 35.6 Å². The molecule has 4 aromatic rings. The highest BCUT2D eigenvalue weighted by Crippen LogP contribution is 2.39. The lowest BCUT2D eigenvalue weighted by Crippen LogP contribution is -2.17. The summed E-state index contributed by atoms with van der Waals surface area (Å²) in [5.74, 6) is 0. The predicted octanol–water partition coefficient (Wildman–Crippen LogP) is 5.29. The van der Waals surface area contributed by atoms with Crippen molar-refractivity contribution >= 4 is 33.4 Å². The summed E-state index contributed by atoms with van der Waals surface area (Å²) < 4.78 is 42.8. The molecule has 134 valence electrons. The number of rotatable bonds is 3. The highest BCUT2D eigenvalue weighted by atomic mass is 35.5. The van der Waals surface area contributed by atoms with Crippen LogP contribution in [0, 0.1) is 0 Å². The first kappa shape index (κ1) is 16.9. The molecule has 8 heteroatoms. The summed E-state index contributed by atoms with van der Waals surface area (Å²) in [6, 6.07) is 5.08. The Labute approximate surface area is 151 Å². The van der Waals surface area contributed by atoms with Gasteiger partial charge in [0.1, 0.15) is 6.54 Å². The quantitative estimate of drug-likeness (QED) is 0.485. The van der Waals surface area contributed by atoms with Crippen LogP contribution < -0.4 is 0 Å². The van der Waals surface area contributed by atoms with E-state index in [4.69, 9.17) is 11.6 Å². The second kappa shape index (κ2) is 6.02. The predicted molar refractivity (Wildman–Crippen MR) is 95.2 cm³/mol. The number of aromatic nitrogens is 4. The minimum atomic E-state index is -4.36. The molecular formula is C18H14ClF3N4. The Hall–Kier alpha value is -2.54. The van der Waals surface area contributed by atoms with Crippen LogP contribution in [-0.2, 0) is 13.1 Å². The molecule has 0 radical (unpaired) electrons. The molecule has 0 spiro atoms. The SMILES string of the molecule is CCn1cc(-c2cc(Cl)cc3c4ccncc4n(CC(F)(F)F)c23)cn1. The molecule has 0 aliphatic rings. The van der Waals surface area contributed by atoms with E-state index in [9.17, 15) is 13.2 Å². The zero-order chi connectivity index (χ0) is 18.5. The number of fused-ring (bicyclic) bond motifs is 3. The van der Waals surface area contributed by atoms with Crippen molar-refractivity contribution < 1.29 is 13.2 Å². The van der Waals surface area contributed by atoms with Gasteiger partial charge in [0, 0.05) is 45.9 Å². The van der Waals surface area contributed by atoms with Crippen LogP contribution in [0.5, 0.6) is 0 Å². The Balaban J connectivity index is 2.11. The van der Waals surface area contributed by atoms with Crippen LogP contribution in [0.3, 0.4) is 0 Å². The fraction of sp³-hybridized carbons (Fsp3) is 0.222. The van der Waals surface area contributed by atoms with Gasteiger partial charge in [0.15, 0.2) is 0 Å². The zero-order valence-corrected chi connectivity index (χ0v) is 14.5. The zero-order valence-electron chi connectivity index (χ0n) is 13.8. The van der Waals surface area contributed by atoms with E-state index in [1.807, 2.05) is 6.92 Å². The largest absolute Gasteiger partial charge is 0.406 e. The van der Waals surface area contributed by atoms with Gasteiger partial charge in [-0.3, -0.25) is 9.67 Å². The summed E-state index contributed by atoms with van der Waals surface area (Å²) in [4.78, 5) is 4.00. The van der Waals surface area contributed by atoms with E-state index in [2.05, 4.69) is 10.1 Å². The van der Waals surface area contributed by atoms with Crippen LogP contribution in [0.1, 0.15) is 6.92 Å². The van der Waals surface area contributed by atoms with Gasteiger partial charge < -0.3 is 4.57 Å². The standard InChI is InChI=1S/C18H14ClF3N4/c1-2-25-9-11(7-24-25)14-5-12(19)6-15-13-3-4-23-8-16(13)26(17(14)15)10-18(20,21)22/h3-9H,2,10H2,1H3. The molecular weight excluding hydrogens is 365 g/mol. The smallest absolute Gasteiger partial charge is 0.329 e. The lowest BCUT2D eigenvalue weighted by Gasteiger charge is -2.13. The van der Waals surface area contributed by atoms with E-state index < -0.39 is 12.7 Å². The fourth-order valence-corrected chi connectivity index (χ4v) is 3.50. The molecule has 0 unspecified atom stereocenters. The fourth-order valence-electron chi connectivity index (χ4n) is 3.28. The normalized spacial score (nSPS) is 12.3. The lowest BCUT2D eigenvalue weighted by molar-refractivity contribution is -0.139. The summed E-state index contributed by atoms with van der Waals surface area (Å²) in [5.41, 5.74) is 2.24. The van der Waals surface area contributed by atoms with Crippen LogP contribution in [0.15, 0.2) is 43.0 Å². The molecule has 0 amide bonds. The summed E-state index contributed by atoms with van der Waals surface area (Å²) >= 11 is 6.28. The minimum Gasteiger partial charge on any atom is -0.329 e. The van der Waals surface area contributed by atoms with Crippen molar-refractivity contribution in [3.8, 4) is 11.1 Å². The number of nitrogens with zero attached hydrogens (tertiary/aromatic N) is 4. The minimum absolute atomic E-state index is 0.422. The highest BCUT2D eigenvalue weighted by molar-refractivity contribution is 6.32. The van der Waals surface area contributed by atoms with E-state index >= 15 is 0 Å². The maximum atomic E-state index is 13.3. The van der Waals surface area contributed by atoms with Crippen molar-refractivity contribution in [3.05, 3.63) is 48.0 Å². The second-order valence-corrected chi connectivity index (χ2v) is 6.46. The van der Waals surface area contributed by atoms with Crippen molar-refractivity contribution in [1.29, 1.82) is 0 Å². The maximum absolute atomic E-state index is 13.3. The van der Waals surface area contributed by atoms with Crippen LogP contribution in [0.4, 0.5) is 13.2 Å². The molecule has 0 aliphatic carbocycles. The first-order chi connectivity index (χ1) is 12.4. The molecule has 4 rings (SSSR count). The Morgan fingerprint density at radius 1 is 1.15 bits per heavy atom. The van der Waals surface area contributed by atoms with Crippen LogP contribution >= 0.6 is 11.6 Å². The van der Waals surface area contributed by atoms with Gasteiger partial charge in [-0.05, 0) is 25.1 Å². The first-order valence-electron chi connectivity index (χ1n) is 8.02.